The largest absolute Gasteiger partial charge is 0.765 e. The van der Waals surface area contributed by atoms with Crippen molar-refractivity contribution in [3.05, 3.63) is 0 Å². The predicted molar refractivity (Wildman–Crippen MR) is 54.6 cm³/mol. The fraction of sp³-hybridized carbons (Fsp3) is 0.500. The van der Waals surface area contributed by atoms with Gasteiger partial charge in [0.05, 0.1) is 12.8 Å². The van der Waals surface area contributed by atoms with E-state index in [0.717, 1.165) is 0 Å². The SMILES string of the molecule is O=C(O)CC(CC(=O)O)(O[Si](=O)O)C(=O)O.[AlH3]. The maximum atomic E-state index is 10.7. The van der Waals surface area contributed by atoms with Crippen LogP contribution in [0.25, 0.3) is 0 Å². The zero-order chi connectivity index (χ0) is 12.9. The highest BCUT2D eigenvalue weighted by Crippen LogP contribution is 2.21. The van der Waals surface area contributed by atoms with Crippen LogP contribution in [-0.2, 0) is 23.3 Å². The van der Waals surface area contributed by atoms with E-state index in [0.29, 0.717) is 0 Å². The Kier molecular flexibility index (Phi) is 7.38. The van der Waals surface area contributed by atoms with Crippen molar-refractivity contribution >= 4 is 44.4 Å². The Hall–Kier alpha value is -1.44. The van der Waals surface area contributed by atoms with Crippen LogP contribution in [0.3, 0.4) is 0 Å². The van der Waals surface area contributed by atoms with E-state index in [-0.39, 0.29) is 17.4 Å². The highest BCUT2D eigenvalue weighted by molar-refractivity contribution is 6.25. The molecule has 0 bridgehead atoms. The van der Waals surface area contributed by atoms with E-state index >= 15 is 0 Å². The van der Waals surface area contributed by atoms with E-state index in [1.807, 2.05) is 0 Å². The Balaban J connectivity index is 0. The molecular formula is C6H11AlO9Si. The first-order valence-corrected chi connectivity index (χ1v) is 5.05. The summed E-state index contributed by atoms with van der Waals surface area (Å²) in [4.78, 5) is 39.9. The van der Waals surface area contributed by atoms with Crippen molar-refractivity contribution < 1.29 is 43.4 Å². The molecule has 0 radical (unpaired) electrons. The number of hydrogen-bond acceptors (Lipinski definition) is 5. The second-order valence-electron chi connectivity index (χ2n) is 2.81. The Labute approximate surface area is 107 Å². The van der Waals surface area contributed by atoms with Gasteiger partial charge in [-0.25, -0.2) is 4.79 Å². The van der Waals surface area contributed by atoms with E-state index < -0.39 is 45.5 Å². The summed E-state index contributed by atoms with van der Waals surface area (Å²) in [6.07, 6.45) is -2.46. The van der Waals surface area contributed by atoms with Gasteiger partial charge in [0, 0.05) is 0 Å². The maximum Gasteiger partial charge on any atom is 0.765 e. The third-order valence-electron chi connectivity index (χ3n) is 1.55. The number of carboxylic acids is 3. The molecule has 0 aromatic carbocycles. The maximum absolute atomic E-state index is 10.7. The standard InChI is InChI=1S/C6H8O9Si.Al.3H/c7-3(8)1-6(5(11)12,2-4(9)10)15-16(13)14;;;;/h13H,1-2H2,(H,7,8)(H,9,10)(H,11,12);;;;. The average molecular weight is 282 g/mol. The number of carbonyl (C=O) groups is 3. The molecule has 0 saturated carbocycles. The van der Waals surface area contributed by atoms with Crippen LogP contribution in [0.15, 0.2) is 0 Å². The molecule has 11 heteroatoms. The van der Waals surface area contributed by atoms with Crippen LogP contribution in [0.2, 0.25) is 0 Å². The molecule has 0 amide bonds. The molecule has 0 atom stereocenters. The lowest BCUT2D eigenvalue weighted by Crippen LogP contribution is -2.47. The molecule has 0 unspecified atom stereocenters. The van der Waals surface area contributed by atoms with E-state index in [9.17, 15) is 18.8 Å². The third-order valence-corrected chi connectivity index (χ3v) is 2.11. The van der Waals surface area contributed by atoms with E-state index in [2.05, 4.69) is 4.43 Å². The van der Waals surface area contributed by atoms with Crippen molar-refractivity contribution in [2.45, 2.75) is 18.4 Å². The van der Waals surface area contributed by atoms with E-state index in [1.165, 1.54) is 0 Å². The van der Waals surface area contributed by atoms with Gasteiger partial charge in [-0.2, -0.15) is 0 Å². The minimum Gasteiger partial charge on any atom is -0.511 e. The molecule has 17 heavy (non-hydrogen) atoms. The number of carboxylic acid groups (broad SMARTS) is 3. The summed E-state index contributed by atoms with van der Waals surface area (Å²) >= 11 is 0. The van der Waals surface area contributed by atoms with Crippen LogP contribution in [0.1, 0.15) is 12.8 Å². The molecule has 0 aliphatic rings. The van der Waals surface area contributed by atoms with Crippen LogP contribution >= 0.6 is 0 Å². The Morgan fingerprint density at radius 1 is 1.06 bits per heavy atom. The van der Waals surface area contributed by atoms with Gasteiger partial charge in [-0.1, -0.05) is 0 Å². The second kappa shape index (κ2) is 7.00. The summed E-state index contributed by atoms with van der Waals surface area (Å²) in [5, 5.41) is 25.5. The molecule has 0 fully saturated rings. The van der Waals surface area contributed by atoms with E-state index in [1.54, 1.807) is 0 Å². The smallest absolute Gasteiger partial charge is 0.511 e. The van der Waals surface area contributed by atoms with Crippen LogP contribution < -0.4 is 0 Å². The molecular weight excluding hydrogens is 271 g/mol. The predicted octanol–water partition coefficient (Wildman–Crippen LogP) is -3.00. The van der Waals surface area contributed by atoms with Gasteiger partial charge in [-0.15, -0.1) is 0 Å². The first-order valence-electron chi connectivity index (χ1n) is 3.78. The molecule has 0 spiro atoms. The van der Waals surface area contributed by atoms with Gasteiger partial charge in [-0.3, -0.25) is 14.1 Å². The first kappa shape index (κ1) is 17.9. The highest BCUT2D eigenvalue weighted by atomic mass is 28.3. The Morgan fingerprint density at radius 2 is 1.41 bits per heavy atom. The Bertz CT molecular complexity index is 300. The van der Waals surface area contributed by atoms with Crippen molar-refractivity contribution in [1.29, 1.82) is 0 Å². The Morgan fingerprint density at radius 3 is 1.59 bits per heavy atom. The van der Waals surface area contributed by atoms with Crippen molar-refractivity contribution in [2.24, 2.45) is 0 Å². The number of rotatable bonds is 7. The lowest BCUT2D eigenvalue weighted by Gasteiger charge is -2.24. The van der Waals surface area contributed by atoms with Crippen LogP contribution in [0.4, 0.5) is 0 Å². The van der Waals surface area contributed by atoms with Crippen molar-refractivity contribution in [3.63, 3.8) is 0 Å². The molecule has 0 saturated heterocycles. The lowest BCUT2D eigenvalue weighted by molar-refractivity contribution is -0.169. The fourth-order valence-corrected chi connectivity index (χ4v) is 1.55. The molecule has 0 aromatic rings. The number of hydrogen-bond donors (Lipinski definition) is 4. The normalized spacial score (nSPS) is 9.88. The van der Waals surface area contributed by atoms with Crippen molar-refractivity contribution in [3.8, 4) is 0 Å². The van der Waals surface area contributed by atoms with Crippen LogP contribution in [0.5, 0.6) is 0 Å². The molecule has 96 valence electrons. The molecule has 4 N–H and O–H groups in total. The van der Waals surface area contributed by atoms with Crippen LogP contribution in [0, 0.1) is 0 Å². The first-order chi connectivity index (χ1) is 7.19. The monoisotopic (exact) mass is 282 g/mol. The van der Waals surface area contributed by atoms with Gasteiger partial charge in [0.1, 0.15) is 0 Å². The summed E-state index contributed by atoms with van der Waals surface area (Å²) < 4.78 is 14.5. The average Bonchev–Trinajstić information content (AvgIpc) is 1.98. The summed E-state index contributed by atoms with van der Waals surface area (Å²) in [5.41, 5.74) is -2.73. The molecule has 0 heterocycles. The fourth-order valence-electron chi connectivity index (χ4n) is 0.985. The molecule has 9 nitrogen and oxygen atoms in total. The summed E-state index contributed by atoms with van der Waals surface area (Å²) in [6.45, 7) is 0. The lowest BCUT2D eigenvalue weighted by atomic mass is 9.96. The quantitative estimate of drug-likeness (QED) is 0.357. The molecule has 0 aliphatic carbocycles. The van der Waals surface area contributed by atoms with Crippen LogP contribution in [-0.4, -0.2) is 70.2 Å². The third kappa shape index (κ3) is 6.00. The van der Waals surface area contributed by atoms with Gasteiger partial charge in [0.2, 0.25) is 5.60 Å². The summed E-state index contributed by atoms with van der Waals surface area (Å²) in [7, 11) is -3.78. The molecule has 0 rings (SSSR count). The van der Waals surface area contributed by atoms with E-state index in [4.69, 9.17) is 20.1 Å². The minimum atomic E-state index is -3.78. The highest BCUT2D eigenvalue weighted by Gasteiger charge is 2.47. The zero-order valence-electron chi connectivity index (χ0n) is 7.74. The van der Waals surface area contributed by atoms with Gasteiger partial charge < -0.3 is 24.5 Å². The summed E-state index contributed by atoms with van der Waals surface area (Å²) in [5.74, 6) is -5.25. The topological polar surface area (TPSA) is 158 Å². The van der Waals surface area contributed by atoms with Crippen molar-refractivity contribution in [2.75, 3.05) is 0 Å². The molecule has 0 aromatic heterocycles. The van der Waals surface area contributed by atoms with Gasteiger partial charge in [0.15, 0.2) is 17.4 Å². The molecule has 0 aliphatic heterocycles. The van der Waals surface area contributed by atoms with Gasteiger partial charge in [0.25, 0.3) is 0 Å². The number of aliphatic carboxylic acids is 3. The zero-order valence-corrected chi connectivity index (χ0v) is 8.74. The van der Waals surface area contributed by atoms with Gasteiger partial charge >= 0.3 is 27.1 Å². The van der Waals surface area contributed by atoms with Crippen molar-refractivity contribution in [1.82, 2.24) is 0 Å². The summed E-state index contributed by atoms with van der Waals surface area (Å²) in [6, 6.07) is 0. The van der Waals surface area contributed by atoms with Gasteiger partial charge in [-0.05, 0) is 0 Å². The second-order valence-corrected chi connectivity index (χ2v) is 3.54. The minimum absolute atomic E-state index is 0.